The number of likely N-dealkylation sites (tertiary alicyclic amines) is 1. The Kier molecular flexibility index (Phi) is 6.23. The maximum atomic E-state index is 12.7. The van der Waals surface area contributed by atoms with Crippen LogP contribution in [0.4, 0.5) is 0 Å². The minimum Gasteiger partial charge on any atom is -0.334 e. The number of rotatable bonds is 2. The molecule has 1 amide bonds. The minimum absolute atomic E-state index is 0. The first kappa shape index (κ1) is 20.6. The first-order chi connectivity index (χ1) is 12.8. The molecule has 1 saturated heterocycles. The number of halogens is 2. The lowest BCUT2D eigenvalue weighted by Gasteiger charge is -2.46. The molecule has 0 spiro atoms. The van der Waals surface area contributed by atoms with Gasteiger partial charge in [-0.3, -0.25) is 9.69 Å². The van der Waals surface area contributed by atoms with Crippen molar-refractivity contribution in [1.82, 2.24) is 14.8 Å². The monoisotopic (exact) mass is 415 g/mol. The van der Waals surface area contributed by atoms with Gasteiger partial charge in [-0.2, -0.15) is 0 Å². The lowest BCUT2D eigenvalue weighted by molar-refractivity contribution is 0.0214. The van der Waals surface area contributed by atoms with Gasteiger partial charge in [-0.15, -0.1) is 24.8 Å². The van der Waals surface area contributed by atoms with Gasteiger partial charge < -0.3 is 4.90 Å². The highest BCUT2D eigenvalue weighted by Crippen LogP contribution is 2.25. The SMILES string of the molecule is Cl.Cl.O=C(c1ccc2ccccc2n1)N1CC(N2CCc3ccccc3C2)C1. The molecule has 2 aliphatic rings. The van der Waals surface area contributed by atoms with Gasteiger partial charge in [0, 0.05) is 37.6 Å². The number of pyridine rings is 1. The van der Waals surface area contributed by atoms with Crippen molar-refractivity contribution < 1.29 is 4.79 Å². The van der Waals surface area contributed by atoms with Crippen LogP contribution in [0.2, 0.25) is 0 Å². The number of carbonyl (C=O) groups excluding carboxylic acids is 1. The van der Waals surface area contributed by atoms with Crippen LogP contribution >= 0.6 is 24.8 Å². The Balaban J connectivity index is 0.00000112. The molecule has 2 aromatic carbocycles. The molecule has 0 unspecified atom stereocenters. The number of hydrogen-bond acceptors (Lipinski definition) is 3. The fraction of sp³-hybridized carbons (Fsp3) is 0.273. The van der Waals surface area contributed by atoms with E-state index in [1.54, 1.807) is 0 Å². The van der Waals surface area contributed by atoms with Crippen LogP contribution in [0.5, 0.6) is 0 Å². The Labute approximate surface area is 177 Å². The third-order valence-electron chi connectivity index (χ3n) is 5.64. The molecule has 0 N–H and O–H groups in total. The summed E-state index contributed by atoms with van der Waals surface area (Å²) in [6, 6.07) is 20.9. The molecular formula is C22H23Cl2N3O. The highest BCUT2D eigenvalue weighted by molar-refractivity contribution is 5.95. The molecule has 28 heavy (non-hydrogen) atoms. The molecule has 6 heteroatoms. The van der Waals surface area contributed by atoms with Gasteiger partial charge in [0.15, 0.2) is 0 Å². The number of nitrogens with zero attached hydrogens (tertiary/aromatic N) is 3. The van der Waals surface area contributed by atoms with E-state index in [9.17, 15) is 4.79 Å². The topological polar surface area (TPSA) is 36.4 Å². The molecule has 2 aliphatic heterocycles. The average molecular weight is 416 g/mol. The third-order valence-corrected chi connectivity index (χ3v) is 5.64. The summed E-state index contributed by atoms with van der Waals surface area (Å²) in [5.74, 6) is 0.0458. The lowest BCUT2D eigenvalue weighted by Crippen LogP contribution is -2.61. The number of fused-ring (bicyclic) bond motifs is 2. The molecule has 3 heterocycles. The van der Waals surface area contributed by atoms with Crippen molar-refractivity contribution in [2.24, 2.45) is 0 Å². The van der Waals surface area contributed by atoms with Crippen LogP contribution in [-0.4, -0.2) is 46.4 Å². The molecule has 0 saturated carbocycles. The Morgan fingerprint density at radius 3 is 2.43 bits per heavy atom. The van der Waals surface area contributed by atoms with Crippen molar-refractivity contribution in [3.05, 3.63) is 77.5 Å². The van der Waals surface area contributed by atoms with Crippen LogP contribution in [0.3, 0.4) is 0 Å². The Morgan fingerprint density at radius 1 is 0.893 bits per heavy atom. The molecule has 0 radical (unpaired) electrons. The van der Waals surface area contributed by atoms with Crippen LogP contribution < -0.4 is 0 Å². The summed E-state index contributed by atoms with van der Waals surface area (Å²) >= 11 is 0. The maximum Gasteiger partial charge on any atom is 0.272 e. The Hall–Kier alpha value is -2.14. The first-order valence-corrected chi connectivity index (χ1v) is 9.24. The summed E-state index contributed by atoms with van der Waals surface area (Å²) in [5, 5.41) is 1.07. The van der Waals surface area contributed by atoms with Crippen molar-refractivity contribution >= 4 is 41.6 Å². The Bertz CT molecular complexity index is 988. The molecule has 1 fully saturated rings. The highest BCUT2D eigenvalue weighted by Gasteiger charge is 2.36. The van der Waals surface area contributed by atoms with E-state index in [2.05, 4.69) is 34.1 Å². The van der Waals surface area contributed by atoms with E-state index in [0.29, 0.717) is 11.7 Å². The van der Waals surface area contributed by atoms with Crippen molar-refractivity contribution in [2.45, 2.75) is 19.0 Å². The normalized spacial score (nSPS) is 16.5. The van der Waals surface area contributed by atoms with E-state index in [0.717, 1.165) is 43.5 Å². The second-order valence-corrected chi connectivity index (χ2v) is 7.24. The van der Waals surface area contributed by atoms with Gasteiger partial charge in [0.25, 0.3) is 5.91 Å². The van der Waals surface area contributed by atoms with E-state index >= 15 is 0 Å². The lowest BCUT2D eigenvalue weighted by atomic mass is 9.96. The highest BCUT2D eigenvalue weighted by atomic mass is 35.5. The molecule has 4 nitrogen and oxygen atoms in total. The number of amides is 1. The van der Waals surface area contributed by atoms with E-state index in [-0.39, 0.29) is 30.7 Å². The first-order valence-electron chi connectivity index (χ1n) is 9.24. The van der Waals surface area contributed by atoms with Crippen molar-refractivity contribution in [2.75, 3.05) is 19.6 Å². The zero-order valence-electron chi connectivity index (χ0n) is 15.5. The van der Waals surface area contributed by atoms with E-state index in [1.807, 2.05) is 41.3 Å². The van der Waals surface area contributed by atoms with Gasteiger partial charge in [0.2, 0.25) is 0 Å². The van der Waals surface area contributed by atoms with E-state index < -0.39 is 0 Å². The summed E-state index contributed by atoms with van der Waals surface area (Å²) in [5.41, 5.74) is 4.32. The predicted octanol–water partition coefficient (Wildman–Crippen LogP) is 3.96. The van der Waals surface area contributed by atoms with Gasteiger partial charge in [0.05, 0.1) is 5.52 Å². The minimum atomic E-state index is 0. The molecular weight excluding hydrogens is 393 g/mol. The second-order valence-electron chi connectivity index (χ2n) is 7.24. The fourth-order valence-corrected chi connectivity index (χ4v) is 4.03. The maximum absolute atomic E-state index is 12.7. The van der Waals surface area contributed by atoms with Crippen LogP contribution in [0.1, 0.15) is 21.6 Å². The van der Waals surface area contributed by atoms with Crippen molar-refractivity contribution in [1.29, 1.82) is 0 Å². The van der Waals surface area contributed by atoms with Gasteiger partial charge in [-0.05, 0) is 29.7 Å². The van der Waals surface area contributed by atoms with E-state index in [1.165, 1.54) is 11.1 Å². The second kappa shape index (κ2) is 8.48. The zero-order chi connectivity index (χ0) is 17.5. The summed E-state index contributed by atoms with van der Waals surface area (Å²) in [4.78, 5) is 21.7. The molecule has 3 aromatic rings. The fourth-order valence-electron chi connectivity index (χ4n) is 4.03. The number of hydrogen-bond donors (Lipinski definition) is 0. The van der Waals surface area contributed by atoms with Gasteiger partial charge >= 0.3 is 0 Å². The molecule has 0 atom stereocenters. The smallest absolute Gasteiger partial charge is 0.272 e. The molecule has 1 aromatic heterocycles. The summed E-state index contributed by atoms with van der Waals surface area (Å²) in [6.07, 6.45) is 1.10. The van der Waals surface area contributed by atoms with Crippen LogP contribution in [0, 0.1) is 0 Å². The van der Waals surface area contributed by atoms with Gasteiger partial charge in [-0.25, -0.2) is 4.98 Å². The number of para-hydroxylation sites is 1. The predicted molar refractivity (Wildman–Crippen MR) is 116 cm³/mol. The quantitative estimate of drug-likeness (QED) is 0.635. The standard InChI is InChI=1S/C22H21N3O.2ClH/c26-22(21-10-9-17-6-3-4-8-20(17)23-21)25-14-19(15-25)24-12-11-16-5-1-2-7-18(16)13-24;;/h1-10,19H,11-15H2;2*1H. The van der Waals surface area contributed by atoms with Crippen LogP contribution in [-0.2, 0) is 13.0 Å². The number of benzene rings is 2. The number of aromatic nitrogens is 1. The van der Waals surface area contributed by atoms with E-state index in [4.69, 9.17) is 0 Å². The zero-order valence-corrected chi connectivity index (χ0v) is 17.1. The third kappa shape index (κ3) is 3.72. The largest absolute Gasteiger partial charge is 0.334 e. The Morgan fingerprint density at radius 2 is 1.61 bits per heavy atom. The number of carbonyl (C=O) groups is 1. The van der Waals surface area contributed by atoms with Gasteiger partial charge in [-0.1, -0.05) is 48.5 Å². The molecule has 5 rings (SSSR count). The van der Waals surface area contributed by atoms with Crippen molar-refractivity contribution in [3.8, 4) is 0 Å². The van der Waals surface area contributed by atoms with Crippen LogP contribution in [0.25, 0.3) is 10.9 Å². The van der Waals surface area contributed by atoms with Gasteiger partial charge in [0.1, 0.15) is 5.69 Å². The molecule has 0 aliphatic carbocycles. The average Bonchev–Trinajstić information content (AvgIpc) is 2.66. The summed E-state index contributed by atoms with van der Waals surface area (Å²) < 4.78 is 0. The summed E-state index contributed by atoms with van der Waals surface area (Å²) in [6.45, 7) is 3.68. The van der Waals surface area contributed by atoms with Crippen LogP contribution in [0.15, 0.2) is 60.7 Å². The molecule has 0 bridgehead atoms. The molecule has 146 valence electrons. The van der Waals surface area contributed by atoms with Crippen molar-refractivity contribution in [3.63, 3.8) is 0 Å². The summed E-state index contributed by atoms with van der Waals surface area (Å²) in [7, 11) is 0.